The summed E-state index contributed by atoms with van der Waals surface area (Å²) in [6, 6.07) is 13.3. The van der Waals surface area contributed by atoms with Gasteiger partial charge in [-0.2, -0.15) is 0 Å². The number of carbonyl (C=O) groups excluding carboxylic acids is 2. The van der Waals surface area contributed by atoms with Crippen molar-refractivity contribution in [3.8, 4) is 11.3 Å². The van der Waals surface area contributed by atoms with Crippen molar-refractivity contribution in [1.29, 1.82) is 0 Å². The minimum atomic E-state index is -0.269. The Morgan fingerprint density at radius 3 is 2.38 bits per heavy atom. The molecule has 2 amide bonds. The summed E-state index contributed by atoms with van der Waals surface area (Å²) in [4.78, 5) is 30.2. The molecule has 0 aliphatic carbocycles. The van der Waals surface area contributed by atoms with Crippen molar-refractivity contribution in [3.05, 3.63) is 79.3 Å². The first-order valence-corrected chi connectivity index (χ1v) is 15.5. The number of rotatable bonds is 8. The average molecular weight is 645 g/mol. The summed E-state index contributed by atoms with van der Waals surface area (Å²) < 4.78 is 4.12. The first-order valence-electron chi connectivity index (χ1n) is 13.5. The fourth-order valence-electron chi connectivity index (χ4n) is 5.19. The van der Waals surface area contributed by atoms with Crippen molar-refractivity contribution >= 4 is 64.3 Å². The van der Waals surface area contributed by atoms with Gasteiger partial charge < -0.3 is 14.8 Å². The van der Waals surface area contributed by atoms with Crippen LogP contribution in [-0.2, 0) is 29.2 Å². The molecular formula is C29H31Cl2N7O2S2. The average Bonchev–Trinajstić information content (AvgIpc) is 3.51. The second kappa shape index (κ2) is 13.0. The molecular weight excluding hydrogens is 613 g/mol. The van der Waals surface area contributed by atoms with Gasteiger partial charge in [-0.05, 0) is 56.8 Å². The molecule has 0 unspecified atom stereocenters. The molecule has 1 aliphatic rings. The molecule has 1 N–H and O–H groups in total. The highest BCUT2D eigenvalue weighted by molar-refractivity contribution is 7.73. The molecule has 2 aromatic heterocycles. The third-order valence-corrected chi connectivity index (χ3v) is 8.97. The number of aryl methyl sites for hydroxylation is 1. The molecule has 2 aromatic carbocycles. The fourth-order valence-corrected chi connectivity index (χ4v) is 6.79. The maximum atomic E-state index is 13.5. The number of nitrogens with one attached hydrogen (secondary N) is 1. The van der Waals surface area contributed by atoms with E-state index < -0.39 is 0 Å². The van der Waals surface area contributed by atoms with E-state index in [0.29, 0.717) is 39.3 Å². The number of piperazine rings is 1. The summed E-state index contributed by atoms with van der Waals surface area (Å²) >= 11 is 19.1. The lowest BCUT2D eigenvalue weighted by atomic mass is 10.1. The number of hydrogen-bond donors (Lipinski definition) is 1. The number of thiazole rings is 1. The Hall–Kier alpha value is -3.09. The highest BCUT2D eigenvalue weighted by atomic mass is 35.5. The first-order chi connectivity index (χ1) is 20.0. The van der Waals surface area contributed by atoms with Crippen LogP contribution in [0.25, 0.3) is 11.3 Å². The lowest BCUT2D eigenvalue weighted by Gasteiger charge is -2.44. The highest BCUT2D eigenvalue weighted by Gasteiger charge is 2.32. The van der Waals surface area contributed by atoms with E-state index in [1.54, 1.807) is 24.4 Å². The van der Waals surface area contributed by atoms with E-state index in [0.717, 1.165) is 17.0 Å². The summed E-state index contributed by atoms with van der Waals surface area (Å²) in [7, 11) is 0. The van der Waals surface area contributed by atoms with Crippen molar-refractivity contribution in [1.82, 2.24) is 29.4 Å². The third-order valence-electron chi connectivity index (χ3n) is 7.26. The minimum absolute atomic E-state index is 0.000189. The van der Waals surface area contributed by atoms with Crippen molar-refractivity contribution in [2.75, 3.05) is 18.4 Å². The molecule has 3 heterocycles. The molecule has 1 fully saturated rings. The van der Waals surface area contributed by atoms with Gasteiger partial charge in [-0.15, -0.1) is 16.4 Å². The topological polar surface area (TPSA) is 88.3 Å². The molecule has 42 heavy (non-hydrogen) atoms. The zero-order chi connectivity index (χ0) is 30.0. The summed E-state index contributed by atoms with van der Waals surface area (Å²) in [5, 5.41) is 14.1. The molecule has 220 valence electrons. The van der Waals surface area contributed by atoms with Gasteiger partial charge in [-0.3, -0.25) is 14.5 Å². The Bertz CT molecular complexity index is 1620. The van der Waals surface area contributed by atoms with E-state index in [2.05, 4.69) is 65.6 Å². The van der Waals surface area contributed by atoms with Crippen molar-refractivity contribution < 1.29 is 9.59 Å². The maximum absolute atomic E-state index is 13.5. The number of amides is 2. The third kappa shape index (κ3) is 7.27. The molecule has 2 atom stereocenters. The van der Waals surface area contributed by atoms with Gasteiger partial charge >= 0.3 is 0 Å². The van der Waals surface area contributed by atoms with Crippen LogP contribution in [0.3, 0.4) is 0 Å². The molecule has 5 rings (SSSR count). The van der Waals surface area contributed by atoms with E-state index in [1.807, 2.05) is 14.8 Å². The van der Waals surface area contributed by atoms with Crippen molar-refractivity contribution in [2.45, 2.75) is 52.5 Å². The predicted octanol–water partition coefficient (Wildman–Crippen LogP) is 5.91. The molecule has 0 spiro atoms. The maximum Gasteiger partial charge on any atom is 0.246 e. The molecule has 0 saturated carbocycles. The molecule has 9 nitrogen and oxygen atoms in total. The lowest BCUT2D eigenvalue weighted by molar-refractivity contribution is -0.136. The zero-order valence-corrected chi connectivity index (χ0v) is 26.6. The second-order valence-corrected chi connectivity index (χ2v) is 13.0. The van der Waals surface area contributed by atoms with E-state index in [1.165, 1.54) is 21.6 Å². The number of carbonyl (C=O) groups is 2. The Labute approximate surface area is 263 Å². The minimum Gasteiger partial charge on any atom is -0.338 e. The summed E-state index contributed by atoms with van der Waals surface area (Å²) in [6.07, 6.45) is 1.77. The Kier molecular flexibility index (Phi) is 9.44. The van der Waals surface area contributed by atoms with Gasteiger partial charge in [0, 0.05) is 52.8 Å². The van der Waals surface area contributed by atoms with E-state index >= 15 is 0 Å². The Morgan fingerprint density at radius 2 is 1.71 bits per heavy atom. The summed E-state index contributed by atoms with van der Waals surface area (Å²) in [5.74, 6) is -0.218. The molecule has 1 aliphatic heterocycles. The fraction of sp³-hybridized carbons (Fsp3) is 0.345. The first kappa shape index (κ1) is 30.4. The van der Waals surface area contributed by atoms with E-state index in [9.17, 15) is 9.59 Å². The van der Waals surface area contributed by atoms with E-state index in [4.69, 9.17) is 35.4 Å². The number of benzene rings is 2. The molecule has 1 saturated heterocycles. The van der Waals surface area contributed by atoms with Gasteiger partial charge in [0.2, 0.25) is 11.8 Å². The van der Waals surface area contributed by atoms with Crippen molar-refractivity contribution in [2.24, 2.45) is 0 Å². The lowest BCUT2D eigenvalue weighted by Crippen LogP contribution is -2.58. The summed E-state index contributed by atoms with van der Waals surface area (Å²) in [6.45, 7) is 8.23. The highest BCUT2D eigenvalue weighted by Crippen LogP contribution is 2.26. The van der Waals surface area contributed by atoms with Crippen LogP contribution in [-0.4, -0.2) is 66.3 Å². The van der Waals surface area contributed by atoms with Gasteiger partial charge in [0.15, 0.2) is 3.95 Å². The molecule has 0 radical (unpaired) electrons. The Morgan fingerprint density at radius 1 is 1.05 bits per heavy atom. The monoisotopic (exact) mass is 643 g/mol. The second-order valence-electron chi connectivity index (χ2n) is 10.6. The van der Waals surface area contributed by atoms with Crippen molar-refractivity contribution in [3.63, 3.8) is 0 Å². The number of anilines is 1. The standard InChI is InChI=1S/C29H31Cl2N7O2S2/c1-18-4-6-21(7-5-18)26-17-42-29(41)38(26)16-28(40)35-11-19(2)37(20(3)12-35)14-25-13-36(34-33-25)15-27(39)32-24-9-22(30)8-23(31)10-24/h4-10,13,17,19-20H,11-12,14-16H2,1-3H3,(H,32,39)/t19-,20+. The molecule has 13 heteroatoms. The number of halogens is 2. The largest absolute Gasteiger partial charge is 0.338 e. The van der Waals surface area contributed by atoms with Gasteiger partial charge in [-0.25, -0.2) is 4.68 Å². The van der Waals surface area contributed by atoms with Crippen LogP contribution in [0.5, 0.6) is 0 Å². The van der Waals surface area contributed by atoms with Crippen LogP contribution >= 0.6 is 46.8 Å². The smallest absolute Gasteiger partial charge is 0.246 e. The normalized spacial score (nSPS) is 17.4. The molecule has 0 bridgehead atoms. The van der Waals surface area contributed by atoms with E-state index in [-0.39, 0.29) is 37.0 Å². The van der Waals surface area contributed by atoms with Crippen LogP contribution in [0.15, 0.2) is 54.0 Å². The van der Waals surface area contributed by atoms with Gasteiger partial charge in [0.1, 0.15) is 13.1 Å². The van der Waals surface area contributed by atoms with Gasteiger partial charge in [0.25, 0.3) is 0 Å². The number of hydrogen-bond acceptors (Lipinski definition) is 7. The molecule has 4 aromatic rings. The van der Waals surface area contributed by atoms with Crippen LogP contribution in [0, 0.1) is 10.9 Å². The quantitative estimate of drug-likeness (QED) is 0.240. The number of nitrogens with zero attached hydrogens (tertiary/aromatic N) is 6. The van der Waals surface area contributed by atoms with Gasteiger partial charge in [-0.1, -0.05) is 58.2 Å². The zero-order valence-electron chi connectivity index (χ0n) is 23.5. The predicted molar refractivity (Wildman–Crippen MR) is 169 cm³/mol. The summed E-state index contributed by atoms with van der Waals surface area (Å²) in [5.41, 5.74) is 4.46. The number of aromatic nitrogens is 4. The van der Waals surface area contributed by atoms with Gasteiger partial charge in [0.05, 0.1) is 17.6 Å². The van der Waals surface area contributed by atoms with Crippen LogP contribution in [0.4, 0.5) is 5.69 Å². The van der Waals surface area contributed by atoms with Crippen LogP contribution < -0.4 is 5.32 Å². The SMILES string of the molecule is Cc1ccc(-c2csc(=S)n2CC(=O)N2C[C@@H](C)N(Cc3cn(CC(=O)Nc4cc(Cl)cc(Cl)c4)nn3)[C@@H](C)C2)cc1. The Balaban J connectivity index is 1.17. The van der Waals surface area contributed by atoms with Crippen LogP contribution in [0.1, 0.15) is 25.1 Å². The van der Waals surface area contributed by atoms with Crippen LogP contribution in [0.2, 0.25) is 10.0 Å².